The summed E-state index contributed by atoms with van der Waals surface area (Å²) in [5, 5.41) is 18.7. The fourth-order valence-electron chi connectivity index (χ4n) is 2.47. The Kier molecular flexibility index (Phi) is 2.34. The second-order valence-corrected chi connectivity index (χ2v) is 5.05. The molecular formula is C13H9ClN4O2. The number of aryl methyl sites for hydroxylation is 2. The average Bonchev–Trinajstić information content (AvgIpc) is 3.02. The highest BCUT2D eigenvalue weighted by Gasteiger charge is 2.29. The lowest BCUT2D eigenvalue weighted by atomic mass is 10.0. The molecule has 0 radical (unpaired) electrons. The summed E-state index contributed by atoms with van der Waals surface area (Å²) in [6, 6.07) is 7.18. The maximum atomic E-state index is 10.4. The highest BCUT2D eigenvalue weighted by molar-refractivity contribution is 6.30. The summed E-state index contributed by atoms with van der Waals surface area (Å²) in [7, 11) is 0. The molecule has 3 aromatic rings. The number of aromatic nitrogens is 4. The molecule has 0 unspecified atom stereocenters. The van der Waals surface area contributed by atoms with Gasteiger partial charge in [0.1, 0.15) is 11.4 Å². The SMILES string of the molecule is On1c(-c2cccc(Cl)c2)nc2c1-c1nonc1CC2. The van der Waals surface area contributed by atoms with E-state index in [4.69, 9.17) is 16.2 Å². The van der Waals surface area contributed by atoms with Crippen LogP contribution in [0.4, 0.5) is 0 Å². The summed E-state index contributed by atoms with van der Waals surface area (Å²) in [5.41, 5.74) is 3.36. The molecule has 0 spiro atoms. The van der Waals surface area contributed by atoms with Crippen LogP contribution in [-0.4, -0.2) is 25.2 Å². The molecule has 2 heterocycles. The molecule has 1 N–H and O–H groups in total. The van der Waals surface area contributed by atoms with Crippen molar-refractivity contribution in [1.82, 2.24) is 20.0 Å². The molecule has 1 aliphatic carbocycles. The van der Waals surface area contributed by atoms with Gasteiger partial charge in [0.2, 0.25) is 0 Å². The van der Waals surface area contributed by atoms with Gasteiger partial charge in [-0.1, -0.05) is 28.9 Å². The van der Waals surface area contributed by atoms with E-state index in [0.717, 1.165) is 21.7 Å². The van der Waals surface area contributed by atoms with E-state index in [1.807, 2.05) is 12.1 Å². The molecule has 20 heavy (non-hydrogen) atoms. The van der Waals surface area contributed by atoms with Crippen molar-refractivity contribution in [1.29, 1.82) is 0 Å². The molecule has 0 saturated carbocycles. The van der Waals surface area contributed by atoms with E-state index in [-0.39, 0.29) is 0 Å². The second-order valence-electron chi connectivity index (χ2n) is 4.61. The van der Waals surface area contributed by atoms with Crippen LogP contribution in [0.2, 0.25) is 5.02 Å². The van der Waals surface area contributed by atoms with E-state index in [1.165, 1.54) is 0 Å². The van der Waals surface area contributed by atoms with Crippen LogP contribution in [0.3, 0.4) is 0 Å². The first-order chi connectivity index (χ1) is 9.74. The first-order valence-corrected chi connectivity index (χ1v) is 6.50. The zero-order valence-electron chi connectivity index (χ0n) is 10.2. The fraction of sp³-hybridized carbons (Fsp3) is 0.154. The lowest BCUT2D eigenvalue weighted by molar-refractivity contribution is 0.194. The van der Waals surface area contributed by atoms with E-state index in [9.17, 15) is 5.21 Å². The molecule has 2 aromatic heterocycles. The van der Waals surface area contributed by atoms with Crippen molar-refractivity contribution in [2.75, 3.05) is 0 Å². The third kappa shape index (κ3) is 1.55. The Labute approximate surface area is 118 Å². The predicted octanol–water partition coefficient (Wildman–Crippen LogP) is 2.59. The van der Waals surface area contributed by atoms with Crippen molar-refractivity contribution in [3.8, 4) is 22.8 Å². The lowest BCUT2D eigenvalue weighted by Gasteiger charge is -2.07. The van der Waals surface area contributed by atoms with Crippen LogP contribution in [0.1, 0.15) is 11.4 Å². The van der Waals surface area contributed by atoms with E-state index >= 15 is 0 Å². The van der Waals surface area contributed by atoms with Crippen LogP contribution >= 0.6 is 11.6 Å². The number of halogens is 1. The minimum absolute atomic E-state index is 0.438. The molecule has 1 aromatic carbocycles. The van der Waals surface area contributed by atoms with Gasteiger partial charge in [0, 0.05) is 17.0 Å². The lowest BCUT2D eigenvalue weighted by Crippen LogP contribution is -2.06. The monoisotopic (exact) mass is 288 g/mol. The maximum Gasteiger partial charge on any atom is 0.176 e. The molecule has 1 aliphatic rings. The molecule has 6 nitrogen and oxygen atoms in total. The van der Waals surface area contributed by atoms with E-state index in [1.54, 1.807) is 12.1 Å². The van der Waals surface area contributed by atoms with Gasteiger partial charge in [-0.05, 0) is 23.7 Å². The van der Waals surface area contributed by atoms with Crippen LogP contribution in [0, 0.1) is 0 Å². The van der Waals surface area contributed by atoms with Gasteiger partial charge in [0.15, 0.2) is 11.5 Å². The maximum absolute atomic E-state index is 10.4. The van der Waals surface area contributed by atoms with Gasteiger partial charge in [-0.25, -0.2) is 9.61 Å². The highest BCUT2D eigenvalue weighted by atomic mass is 35.5. The normalized spacial score (nSPS) is 13.1. The molecule has 0 saturated heterocycles. The Morgan fingerprint density at radius 2 is 2.05 bits per heavy atom. The molecule has 0 amide bonds. The summed E-state index contributed by atoms with van der Waals surface area (Å²) in [4.78, 5) is 4.49. The number of rotatable bonds is 1. The van der Waals surface area contributed by atoms with Crippen molar-refractivity contribution in [3.05, 3.63) is 40.7 Å². The predicted molar refractivity (Wildman–Crippen MR) is 70.6 cm³/mol. The van der Waals surface area contributed by atoms with Crippen molar-refractivity contribution in [3.63, 3.8) is 0 Å². The zero-order chi connectivity index (χ0) is 13.7. The van der Waals surface area contributed by atoms with Gasteiger partial charge < -0.3 is 5.21 Å². The Bertz CT molecular complexity index is 809. The molecule has 0 fully saturated rings. The molecule has 4 rings (SSSR count). The smallest absolute Gasteiger partial charge is 0.176 e. The van der Waals surface area contributed by atoms with Crippen LogP contribution in [0.15, 0.2) is 28.9 Å². The minimum atomic E-state index is 0.438. The molecule has 0 bridgehead atoms. The van der Waals surface area contributed by atoms with Crippen molar-refractivity contribution in [2.45, 2.75) is 12.8 Å². The summed E-state index contributed by atoms with van der Waals surface area (Å²) in [5.74, 6) is 0.438. The third-order valence-corrected chi connectivity index (χ3v) is 3.62. The number of nitrogens with zero attached hydrogens (tertiary/aromatic N) is 4. The zero-order valence-corrected chi connectivity index (χ0v) is 11.0. The highest BCUT2D eigenvalue weighted by Crippen LogP contribution is 2.34. The Hall–Kier alpha value is -2.34. The van der Waals surface area contributed by atoms with E-state index < -0.39 is 0 Å². The van der Waals surface area contributed by atoms with Crippen molar-refractivity contribution < 1.29 is 9.84 Å². The Morgan fingerprint density at radius 3 is 2.90 bits per heavy atom. The van der Waals surface area contributed by atoms with Gasteiger partial charge in [0.05, 0.1) is 5.69 Å². The first-order valence-electron chi connectivity index (χ1n) is 6.12. The second kappa shape index (κ2) is 4.08. The van der Waals surface area contributed by atoms with E-state index in [0.29, 0.717) is 35.1 Å². The topological polar surface area (TPSA) is 77.0 Å². The largest absolute Gasteiger partial charge is 0.426 e. The average molecular weight is 289 g/mol. The molecule has 100 valence electrons. The number of benzene rings is 1. The summed E-state index contributed by atoms with van der Waals surface area (Å²) in [6.07, 6.45) is 1.40. The van der Waals surface area contributed by atoms with Gasteiger partial charge in [-0.2, -0.15) is 4.73 Å². The fourth-order valence-corrected chi connectivity index (χ4v) is 2.66. The standard InChI is InChI=1S/C13H9ClN4O2/c14-8-3-1-2-7(6-8)13-15-10-5-4-9-11(17-20-16-9)12(10)18(13)19/h1-3,6,19H,4-5H2. The third-order valence-electron chi connectivity index (χ3n) is 3.39. The number of hydrogen-bond acceptors (Lipinski definition) is 5. The van der Waals surface area contributed by atoms with Gasteiger partial charge in [-0.15, -0.1) is 0 Å². The molecular weight excluding hydrogens is 280 g/mol. The van der Waals surface area contributed by atoms with Gasteiger partial charge in [-0.3, -0.25) is 0 Å². The Balaban J connectivity index is 1.94. The number of imidazole rings is 1. The van der Waals surface area contributed by atoms with Crippen molar-refractivity contribution in [2.24, 2.45) is 0 Å². The summed E-state index contributed by atoms with van der Waals surface area (Å²) >= 11 is 5.98. The Morgan fingerprint density at radius 1 is 1.20 bits per heavy atom. The molecule has 0 atom stereocenters. The molecule has 7 heteroatoms. The quantitative estimate of drug-likeness (QED) is 0.696. The van der Waals surface area contributed by atoms with Crippen molar-refractivity contribution >= 4 is 11.6 Å². The van der Waals surface area contributed by atoms with Gasteiger partial charge in [0.25, 0.3) is 0 Å². The molecule has 0 aliphatic heterocycles. The van der Waals surface area contributed by atoms with Crippen LogP contribution < -0.4 is 0 Å². The summed E-state index contributed by atoms with van der Waals surface area (Å²) < 4.78 is 5.77. The van der Waals surface area contributed by atoms with E-state index in [2.05, 4.69) is 15.3 Å². The summed E-state index contributed by atoms with van der Waals surface area (Å²) in [6.45, 7) is 0. The minimum Gasteiger partial charge on any atom is -0.426 e. The van der Waals surface area contributed by atoms with Crippen LogP contribution in [0.25, 0.3) is 22.8 Å². The number of fused-ring (bicyclic) bond motifs is 3. The van der Waals surface area contributed by atoms with Gasteiger partial charge >= 0.3 is 0 Å². The van der Waals surface area contributed by atoms with Crippen LogP contribution in [0.5, 0.6) is 0 Å². The van der Waals surface area contributed by atoms with Crippen LogP contribution in [-0.2, 0) is 12.8 Å². The number of hydrogen-bond donors (Lipinski definition) is 1. The first kappa shape index (κ1) is 11.5.